The number of nitriles is 1. The van der Waals surface area contributed by atoms with Gasteiger partial charge in [0, 0.05) is 6.42 Å². The van der Waals surface area contributed by atoms with Crippen molar-refractivity contribution >= 4 is 5.97 Å². The van der Waals surface area contributed by atoms with Crippen LogP contribution >= 0.6 is 0 Å². The van der Waals surface area contributed by atoms with Crippen molar-refractivity contribution in [3.8, 4) is 6.07 Å². The Kier molecular flexibility index (Phi) is 2.53. The molecule has 1 N–H and O–H groups in total. The monoisotopic (exact) mass is 169 g/mol. The van der Waals surface area contributed by atoms with Crippen LogP contribution < -0.4 is 0 Å². The zero-order valence-corrected chi connectivity index (χ0v) is 6.24. The standard InChI is InChI=1S/C7H7NO4/c8-4-5(6(9)10)7-11-2-1-3-12-7/h1-3H2,(H,9,10). The second kappa shape index (κ2) is 3.62. The predicted octanol–water partition coefficient (Wildman–Crippen LogP) is 0.243. The van der Waals surface area contributed by atoms with Gasteiger partial charge in [0.15, 0.2) is 0 Å². The van der Waals surface area contributed by atoms with Crippen molar-refractivity contribution in [2.24, 2.45) is 0 Å². The van der Waals surface area contributed by atoms with Gasteiger partial charge < -0.3 is 14.6 Å². The summed E-state index contributed by atoms with van der Waals surface area (Å²) in [5.41, 5.74) is -0.477. The number of carboxylic acid groups (broad SMARTS) is 1. The Bertz CT molecular complexity index is 255. The molecule has 1 rings (SSSR count). The van der Waals surface area contributed by atoms with Gasteiger partial charge in [0.2, 0.25) is 5.57 Å². The summed E-state index contributed by atoms with van der Waals surface area (Å²) in [4.78, 5) is 10.4. The Morgan fingerprint density at radius 1 is 1.50 bits per heavy atom. The van der Waals surface area contributed by atoms with E-state index in [0.717, 1.165) is 0 Å². The van der Waals surface area contributed by atoms with Gasteiger partial charge in [-0.2, -0.15) is 5.26 Å². The van der Waals surface area contributed by atoms with E-state index < -0.39 is 11.5 Å². The molecule has 0 aromatic carbocycles. The van der Waals surface area contributed by atoms with Gasteiger partial charge in [0.05, 0.1) is 13.2 Å². The fourth-order valence-corrected chi connectivity index (χ4v) is 0.755. The Hall–Kier alpha value is -1.70. The van der Waals surface area contributed by atoms with Crippen molar-refractivity contribution in [1.29, 1.82) is 5.26 Å². The van der Waals surface area contributed by atoms with Crippen molar-refractivity contribution in [3.05, 3.63) is 11.5 Å². The van der Waals surface area contributed by atoms with Gasteiger partial charge >= 0.3 is 11.9 Å². The first-order chi connectivity index (χ1) is 5.75. The summed E-state index contributed by atoms with van der Waals surface area (Å²) < 4.78 is 9.69. The lowest BCUT2D eigenvalue weighted by molar-refractivity contribution is -0.133. The van der Waals surface area contributed by atoms with Crippen LogP contribution in [0.15, 0.2) is 11.5 Å². The molecule has 0 spiro atoms. The summed E-state index contributed by atoms with van der Waals surface area (Å²) in [5, 5.41) is 16.9. The summed E-state index contributed by atoms with van der Waals surface area (Å²) in [6.07, 6.45) is 0.710. The molecule has 0 aliphatic carbocycles. The molecule has 0 radical (unpaired) electrons. The molecule has 12 heavy (non-hydrogen) atoms. The zero-order valence-electron chi connectivity index (χ0n) is 6.24. The van der Waals surface area contributed by atoms with E-state index in [-0.39, 0.29) is 5.95 Å². The van der Waals surface area contributed by atoms with Crippen LogP contribution in [-0.4, -0.2) is 24.3 Å². The molecule has 5 nitrogen and oxygen atoms in total. The highest BCUT2D eigenvalue weighted by molar-refractivity contribution is 5.91. The van der Waals surface area contributed by atoms with Crippen molar-refractivity contribution < 1.29 is 19.4 Å². The molecule has 0 aromatic rings. The van der Waals surface area contributed by atoms with E-state index in [1.165, 1.54) is 6.07 Å². The van der Waals surface area contributed by atoms with Crippen LogP contribution in [-0.2, 0) is 14.3 Å². The molecule has 0 unspecified atom stereocenters. The molecule has 0 bridgehead atoms. The summed E-state index contributed by atoms with van der Waals surface area (Å²) in [7, 11) is 0. The maximum Gasteiger partial charge on any atom is 0.353 e. The topological polar surface area (TPSA) is 79.6 Å². The Labute approximate surface area is 68.8 Å². The normalized spacial score (nSPS) is 15.4. The molecule has 1 heterocycles. The molecule has 1 aliphatic rings. The van der Waals surface area contributed by atoms with Gasteiger partial charge in [-0.15, -0.1) is 0 Å². The van der Waals surface area contributed by atoms with Gasteiger partial charge in [-0.3, -0.25) is 0 Å². The maximum absolute atomic E-state index is 10.4. The highest BCUT2D eigenvalue weighted by Crippen LogP contribution is 2.13. The highest BCUT2D eigenvalue weighted by atomic mass is 16.7. The quantitative estimate of drug-likeness (QED) is 0.449. The fraction of sp³-hybridized carbons (Fsp3) is 0.429. The SMILES string of the molecule is N#CC(C(=O)O)=C1OCCCO1. The zero-order chi connectivity index (χ0) is 8.97. The third-order valence-corrected chi connectivity index (χ3v) is 1.28. The fourth-order valence-electron chi connectivity index (χ4n) is 0.755. The van der Waals surface area contributed by atoms with Gasteiger partial charge in [-0.25, -0.2) is 4.79 Å². The summed E-state index contributed by atoms with van der Waals surface area (Å²) in [6, 6.07) is 1.50. The van der Waals surface area contributed by atoms with Crippen molar-refractivity contribution in [2.75, 3.05) is 13.2 Å². The predicted molar refractivity (Wildman–Crippen MR) is 36.8 cm³/mol. The van der Waals surface area contributed by atoms with E-state index in [9.17, 15) is 4.79 Å². The molecule has 1 saturated heterocycles. The minimum Gasteiger partial charge on any atom is -0.477 e. The van der Waals surface area contributed by atoms with Gasteiger partial charge in [-0.1, -0.05) is 0 Å². The molecule has 0 atom stereocenters. The molecule has 1 aliphatic heterocycles. The van der Waals surface area contributed by atoms with E-state index in [1.54, 1.807) is 0 Å². The lowest BCUT2D eigenvalue weighted by atomic mass is 10.3. The van der Waals surface area contributed by atoms with E-state index in [1.807, 2.05) is 0 Å². The maximum atomic E-state index is 10.4. The van der Waals surface area contributed by atoms with Crippen LogP contribution in [0.3, 0.4) is 0 Å². The van der Waals surface area contributed by atoms with E-state index in [4.69, 9.17) is 19.8 Å². The van der Waals surface area contributed by atoms with Crippen molar-refractivity contribution in [2.45, 2.75) is 6.42 Å². The van der Waals surface area contributed by atoms with Gasteiger partial charge in [-0.05, 0) is 0 Å². The summed E-state index contributed by atoms with van der Waals surface area (Å²) >= 11 is 0. The lowest BCUT2D eigenvalue weighted by Crippen LogP contribution is -2.15. The van der Waals surface area contributed by atoms with Gasteiger partial charge in [0.1, 0.15) is 6.07 Å². The number of carboxylic acids is 1. The second-order valence-electron chi connectivity index (χ2n) is 2.13. The lowest BCUT2D eigenvalue weighted by Gasteiger charge is -2.16. The first-order valence-corrected chi connectivity index (χ1v) is 3.39. The molecule has 5 heteroatoms. The average molecular weight is 169 g/mol. The third-order valence-electron chi connectivity index (χ3n) is 1.28. The number of rotatable bonds is 1. The highest BCUT2D eigenvalue weighted by Gasteiger charge is 2.19. The Balaban J connectivity index is 2.84. The molecule has 64 valence electrons. The molecule has 0 amide bonds. The summed E-state index contributed by atoms with van der Waals surface area (Å²) in [6.45, 7) is 0.793. The van der Waals surface area contributed by atoms with Crippen LogP contribution in [0, 0.1) is 11.3 Å². The minimum absolute atomic E-state index is 0.170. The number of nitrogens with zero attached hydrogens (tertiary/aromatic N) is 1. The average Bonchev–Trinajstić information content (AvgIpc) is 2.07. The molecule has 1 fully saturated rings. The van der Waals surface area contributed by atoms with Crippen LogP contribution in [0.5, 0.6) is 0 Å². The summed E-state index contributed by atoms with van der Waals surface area (Å²) in [5.74, 6) is -1.49. The smallest absolute Gasteiger partial charge is 0.353 e. The number of hydrogen-bond donors (Lipinski definition) is 1. The van der Waals surface area contributed by atoms with Gasteiger partial charge in [0.25, 0.3) is 0 Å². The molecular formula is C7H7NO4. The molecule has 0 saturated carbocycles. The van der Waals surface area contributed by atoms with E-state index in [0.29, 0.717) is 19.6 Å². The number of ether oxygens (including phenoxy) is 2. The minimum atomic E-state index is -1.32. The van der Waals surface area contributed by atoms with E-state index >= 15 is 0 Å². The second-order valence-corrected chi connectivity index (χ2v) is 2.13. The first kappa shape index (κ1) is 8.40. The van der Waals surface area contributed by atoms with Crippen LogP contribution in [0.25, 0.3) is 0 Å². The molecular weight excluding hydrogens is 162 g/mol. The van der Waals surface area contributed by atoms with Crippen molar-refractivity contribution in [3.63, 3.8) is 0 Å². The third kappa shape index (κ3) is 1.66. The Morgan fingerprint density at radius 3 is 2.50 bits per heavy atom. The van der Waals surface area contributed by atoms with Crippen molar-refractivity contribution in [1.82, 2.24) is 0 Å². The largest absolute Gasteiger partial charge is 0.477 e. The number of aliphatic carboxylic acids is 1. The molecule has 0 aromatic heterocycles. The van der Waals surface area contributed by atoms with Crippen LogP contribution in [0.4, 0.5) is 0 Å². The number of carbonyl (C=O) groups is 1. The first-order valence-electron chi connectivity index (χ1n) is 3.39. The van der Waals surface area contributed by atoms with Crippen LogP contribution in [0.2, 0.25) is 0 Å². The van der Waals surface area contributed by atoms with Crippen LogP contribution in [0.1, 0.15) is 6.42 Å². The van der Waals surface area contributed by atoms with E-state index in [2.05, 4.69) is 0 Å². The number of hydrogen-bond acceptors (Lipinski definition) is 4. The Morgan fingerprint density at radius 2 is 2.08 bits per heavy atom.